The first kappa shape index (κ1) is 20.1. The number of hydrogen-bond acceptors (Lipinski definition) is 7. The maximum Gasteiger partial charge on any atom is 0.338 e. The Kier molecular flexibility index (Phi) is 6.27. The van der Waals surface area contributed by atoms with Gasteiger partial charge in [-0.25, -0.2) is 4.79 Å². The third-order valence-corrected chi connectivity index (χ3v) is 3.38. The minimum absolute atomic E-state index is 0.119. The van der Waals surface area contributed by atoms with E-state index < -0.39 is 18.5 Å². The molecule has 0 aliphatic heterocycles. The Morgan fingerprint density at radius 1 is 1.19 bits per heavy atom. The number of benzene rings is 1. The standard InChI is InChI=1S/C18H22N4O5/c1-18(2,3)20-14(23)9-22(4)15(24)10-26-17(25)13-7-5-12(6-8-13)16-21-19-11-27-16/h5-8,11H,9-10H2,1-4H3,(H,20,23). The van der Waals surface area contributed by atoms with Crippen molar-refractivity contribution in [3.05, 3.63) is 36.2 Å². The van der Waals surface area contributed by atoms with Crippen LogP contribution in [0.2, 0.25) is 0 Å². The second kappa shape index (κ2) is 8.43. The number of aromatic nitrogens is 2. The molecule has 27 heavy (non-hydrogen) atoms. The zero-order valence-corrected chi connectivity index (χ0v) is 15.7. The third kappa shape index (κ3) is 6.21. The number of carbonyl (C=O) groups is 3. The molecule has 0 unspecified atom stereocenters. The zero-order chi connectivity index (χ0) is 20.0. The Bertz CT molecular complexity index is 794. The van der Waals surface area contributed by atoms with Crippen LogP contribution < -0.4 is 5.32 Å². The quantitative estimate of drug-likeness (QED) is 0.757. The van der Waals surface area contributed by atoms with Crippen LogP contribution in [0.15, 0.2) is 35.1 Å². The highest BCUT2D eigenvalue weighted by molar-refractivity contribution is 5.92. The number of ether oxygens (including phenoxy) is 1. The minimum Gasteiger partial charge on any atom is -0.452 e. The van der Waals surface area contributed by atoms with E-state index in [-0.39, 0.29) is 23.6 Å². The van der Waals surface area contributed by atoms with E-state index in [9.17, 15) is 14.4 Å². The number of rotatable bonds is 6. The second-order valence-electron chi connectivity index (χ2n) is 6.95. The average Bonchev–Trinajstić information content (AvgIpc) is 3.12. The van der Waals surface area contributed by atoms with Crippen molar-refractivity contribution in [3.8, 4) is 11.5 Å². The number of nitrogens with zero attached hydrogens (tertiary/aromatic N) is 3. The van der Waals surface area contributed by atoms with Crippen molar-refractivity contribution in [2.45, 2.75) is 26.3 Å². The molecule has 0 bridgehead atoms. The van der Waals surface area contributed by atoms with Crippen LogP contribution in [-0.4, -0.2) is 58.6 Å². The lowest BCUT2D eigenvalue weighted by Crippen LogP contribution is -2.46. The molecule has 144 valence electrons. The van der Waals surface area contributed by atoms with E-state index in [1.807, 2.05) is 20.8 Å². The zero-order valence-electron chi connectivity index (χ0n) is 15.7. The summed E-state index contributed by atoms with van der Waals surface area (Å²) in [5, 5.41) is 10.1. The first-order valence-electron chi connectivity index (χ1n) is 8.24. The van der Waals surface area contributed by atoms with Crippen LogP contribution in [0.25, 0.3) is 11.5 Å². The summed E-state index contributed by atoms with van der Waals surface area (Å²) in [7, 11) is 1.47. The first-order chi connectivity index (χ1) is 12.7. The Balaban J connectivity index is 1.83. The number of amides is 2. The van der Waals surface area contributed by atoms with Gasteiger partial charge in [0.1, 0.15) is 0 Å². The molecule has 0 radical (unpaired) electrons. The lowest BCUT2D eigenvalue weighted by molar-refractivity contribution is -0.137. The van der Waals surface area contributed by atoms with Crippen molar-refractivity contribution in [3.63, 3.8) is 0 Å². The van der Waals surface area contributed by atoms with E-state index in [1.165, 1.54) is 30.5 Å². The lowest BCUT2D eigenvalue weighted by atomic mass is 10.1. The van der Waals surface area contributed by atoms with Crippen LogP contribution in [0.5, 0.6) is 0 Å². The van der Waals surface area contributed by atoms with E-state index in [4.69, 9.17) is 9.15 Å². The molecule has 1 aromatic carbocycles. The van der Waals surface area contributed by atoms with Crippen LogP contribution in [0.3, 0.4) is 0 Å². The topological polar surface area (TPSA) is 115 Å². The first-order valence-corrected chi connectivity index (χ1v) is 8.24. The summed E-state index contributed by atoms with van der Waals surface area (Å²) in [6.07, 6.45) is 1.21. The van der Waals surface area contributed by atoms with Gasteiger partial charge in [-0.05, 0) is 45.0 Å². The smallest absolute Gasteiger partial charge is 0.338 e. The molecule has 2 amide bonds. The number of hydrogen-bond donors (Lipinski definition) is 1. The van der Waals surface area contributed by atoms with Gasteiger partial charge in [0.05, 0.1) is 12.1 Å². The number of likely N-dealkylation sites (N-methyl/N-ethyl adjacent to an activating group) is 1. The van der Waals surface area contributed by atoms with E-state index >= 15 is 0 Å². The summed E-state index contributed by atoms with van der Waals surface area (Å²) in [6.45, 7) is 4.96. The molecule has 0 atom stereocenters. The summed E-state index contributed by atoms with van der Waals surface area (Å²) in [5.74, 6) is -1.08. The molecule has 0 aliphatic rings. The number of esters is 1. The van der Waals surface area contributed by atoms with Gasteiger partial charge in [0, 0.05) is 18.2 Å². The number of nitrogens with one attached hydrogen (secondary N) is 1. The molecule has 0 spiro atoms. The molecule has 2 rings (SSSR count). The van der Waals surface area contributed by atoms with Crippen LogP contribution in [-0.2, 0) is 14.3 Å². The normalized spacial score (nSPS) is 11.0. The second-order valence-corrected chi connectivity index (χ2v) is 6.95. The molecule has 9 nitrogen and oxygen atoms in total. The van der Waals surface area contributed by atoms with Gasteiger partial charge in [0.2, 0.25) is 18.2 Å². The highest BCUT2D eigenvalue weighted by atomic mass is 16.5. The molecular formula is C18H22N4O5. The van der Waals surface area contributed by atoms with Crippen molar-refractivity contribution < 1.29 is 23.5 Å². The van der Waals surface area contributed by atoms with E-state index in [0.717, 1.165) is 0 Å². The molecule has 1 aromatic heterocycles. The fraction of sp³-hybridized carbons (Fsp3) is 0.389. The van der Waals surface area contributed by atoms with Gasteiger partial charge < -0.3 is 19.4 Å². The molecule has 2 aromatic rings. The Labute approximate surface area is 156 Å². The molecule has 1 N–H and O–H groups in total. The maximum absolute atomic E-state index is 12.1. The van der Waals surface area contributed by atoms with E-state index in [2.05, 4.69) is 15.5 Å². The molecule has 0 fully saturated rings. The van der Waals surface area contributed by atoms with Crippen molar-refractivity contribution in [2.24, 2.45) is 0 Å². The van der Waals surface area contributed by atoms with Crippen molar-refractivity contribution in [1.82, 2.24) is 20.4 Å². The summed E-state index contributed by atoms with van der Waals surface area (Å²) in [6, 6.07) is 6.34. The Hall–Kier alpha value is -3.23. The minimum atomic E-state index is -0.645. The fourth-order valence-electron chi connectivity index (χ4n) is 2.13. The Morgan fingerprint density at radius 3 is 2.41 bits per heavy atom. The van der Waals surface area contributed by atoms with Crippen molar-refractivity contribution >= 4 is 17.8 Å². The largest absolute Gasteiger partial charge is 0.452 e. The van der Waals surface area contributed by atoms with Gasteiger partial charge in [-0.1, -0.05) is 0 Å². The summed E-state index contributed by atoms with van der Waals surface area (Å²) >= 11 is 0. The SMILES string of the molecule is CN(CC(=O)NC(C)(C)C)C(=O)COC(=O)c1ccc(-c2nnco2)cc1. The van der Waals surface area contributed by atoms with Gasteiger partial charge in [-0.15, -0.1) is 10.2 Å². The van der Waals surface area contributed by atoms with E-state index in [1.54, 1.807) is 12.1 Å². The van der Waals surface area contributed by atoms with Gasteiger partial charge in [0.15, 0.2) is 6.61 Å². The summed E-state index contributed by atoms with van der Waals surface area (Å²) in [4.78, 5) is 37.1. The third-order valence-electron chi connectivity index (χ3n) is 3.38. The van der Waals surface area contributed by atoms with Crippen molar-refractivity contribution in [2.75, 3.05) is 20.2 Å². The van der Waals surface area contributed by atoms with E-state index in [0.29, 0.717) is 11.5 Å². The maximum atomic E-state index is 12.1. The van der Waals surface area contributed by atoms with Crippen molar-refractivity contribution in [1.29, 1.82) is 0 Å². The molecule has 9 heteroatoms. The lowest BCUT2D eigenvalue weighted by Gasteiger charge is -2.23. The fourth-order valence-corrected chi connectivity index (χ4v) is 2.13. The highest BCUT2D eigenvalue weighted by Crippen LogP contribution is 2.17. The summed E-state index contributed by atoms with van der Waals surface area (Å²) < 4.78 is 10.1. The van der Waals surface area contributed by atoms with Gasteiger partial charge in [0.25, 0.3) is 5.91 Å². The van der Waals surface area contributed by atoms with Gasteiger partial charge in [-0.2, -0.15) is 0 Å². The molecule has 1 heterocycles. The molecule has 0 saturated carbocycles. The predicted molar refractivity (Wildman–Crippen MR) is 95.5 cm³/mol. The molecular weight excluding hydrogens is 352 g/mol. The molecule has 0 saturated heterocycles. The number of carbonyl (C=O) groups excluding carboxylic acids is 3. The Morgan fingerprint density at radius 2 is 1.85 bits per heavy atom. The predicted octanol–water partition coefficient (Wildman–Crippen LogP) is 1.27. The summed E-state index contributed by atoms with van der Waals surface area (Å²) in [5.41, 5.74) is 0.546. The highest BCUT2D eigenvalue weighted by Gasteiger charge is 2.19. The molecule has 0 aliphatic carbocycles. The van der Waals surface area contributed by atoms with Gasteiger partial charge >= 0.3 is 5.97 Å². The van der Waals surface area contributed by atoms with Gasteiger partial charge in [-0.3, -0.25) is 9.59 Å². The average molecular weight is 374 g/mol. The monoisotopic (exact) mass is 374 g/mol. The van der Waals surface area contributed by atoms with Crippen LogP contribution in [0.4, 0.5) is 0 Å². The van der Waals surface area contributed by atoms with Crippen LogP contribution >= 0.6 is 0 Å². The van der Waals surface area contributed by atoms with Crippen LogP contribution in [0, 0.1) is 0 Å². The van der Waals surface area contributed by atoms with Crippen LogP contribution in [0.1, 0.15) is 31.1 Å².